The van der Waals surface area contributed by atoms with Gasteiger partial charge in [-0.3, -0.25) is 24.5 Å². The van der Waals surface area contributed by atoms with Crippen LogP contribution in [0.3, 0.4) is 0 Å². The van der Waals surface area contributed by atoms with Crippen LogP contribution in [0.5, 0.6) is 0 Å². The minimum atomic E-state index is -0.642. The molecule has 0 spiro atoms. The second-order valence-electron chi connectivity index (χ2n) is 3.88. The molecule has 1 rings (SSSR count). The summed E-state index contributed by atoms with van der Waals surface area (Å²) in [4.78, 5) is 46.1. The maximum absolute atomic E-state index is 11.8. The summed E-state index contributed by atoms with van der Waals surface area (Å²) in [6.45, 7) is 1.46. The Balaban J connectivity index is 2.42. The summed E-state index contributed by atoms with van der Waals surface area (Å²) in [5, 5.41) is 2.16. The van der Waals surface area contributed by atoms with Crippen LogP contribution < -0.4 is 11.1 Å². The molecule has 1 atom stereocenters. The Morgan fingerprint density at radius 2 is 2.17 bits per heavy atom. The predicted octanol–water partition coefficient (Wildman–Crippen LogP) is -1.53. The normalized spacial score (nSPS) is 19.6. The Morgan fingerprint density at radius 1 is 1.50 bits per heavy atom. The first-order valence-corrected chi connectivity index (χ1v) is 6.56. The molecule has 1 aliphatic rings. The molecule has 0 aromatic rings. The molecule has 1 saturated heterocycles. The molecule has 100 valence electrons. The second kappa shape index (κ2) is 6.39. The Morgan fingerprint density at radius 3 is 2.78 bits per heavy atom. The van der Waals surface area contributed by atoms with Crippen LogP contribution in [0.2, 0.25) is 0 Å². The number of hydrogen-bond donors (Lipinski definition) is 2. The third-order valence-electron chi connectivity index (χ3n) is 2.45. The monoisotopic (exact) mass is 273 g/mol. The summed E-state index contributed by atoms with van der Waals surface area (Å²) in [6.07, 6.45) is 0.169. The molecule has 0 aromatic heterocycles. The fraction of sp³-hybridized carbons (Fsp3) is 0.600. The average Bonchev–Trinajstić information content (AvgIpc) is 2.28. The molecule has 0 radical (unpaired) electrons. The first-order chi connectivity index (χ1) is 8.41. The number of carbonyl (C=O) groups excluding carboxylic acids is 4. The van der Waals surface area contributed by atoms with Gasteiger partial charge in [-0.05, 0) is 6.92 Å². The Hall–Kier alpha value is -1.57. The van der Waals surface area contributed by atoms with Crippen molar-refractivity contribution in [1.82, 2.24) is 10.2 Å². The molecule has 4 amide bonds. The van der Waals surface area contributed by atoms with E-state index in [-0.39, 0.29) is 24.6 Å². The first kappa shape index (κ1) is 14.5. The Kier molecular flexibility index (Phi) is 5.14. The van der Waals surface area contributed by atoms with Gasteiger partial charge in [0.15, 0.2) is 0 Å². The van der Waals surface area contributed by atoms with E-state index >= 15 is 0 Å². The second-order valence-corrected chi connectivity index (χ2v) is 4.98. The zero-order chi connectivity index (χ0) is 13.7. The van der Waals surface area contributed by atoms with Gasteiger partial charge in [-0.2, -0.15) is 11.8 Å². The zero-order valence-electron chi connectivity index (χ0n) is 9.97. The number of nitrogens with one attached hydrogen (secondary N) is 1. The lowest BCUT2D eigenvalue weighted by molar-refractivity contribution is -0.149. The number of amides is 4. The van der Waals surface area contributed by atoms with Crippen molar-refractivity contribution in [3.8, 4) is 0 Å². The molecule has 8 heteroatoms. The van der Waals surface area contributed by atoms with Crippen LogP contribution in [0.15, 0.2) is 0 Å². The number of thioether (sulfide) groups is 1. The van der Waals surface area contributed by atoms with Crippen LogP contribution in [-0.2, 0) is 19.2 Å². The van der Waals surface area contributed by atoms with Crippen LogP contribution in [0.4, 0.5) is 0 Å². The van der Waals surface area contributed by atoms with Crippen LogP contribution in [0.25, 0.3) is 0 Å². The van der Waals surface area contributed by atoms with Gasteiger partial charge in [0.05, 0.1) is 5.75 Å². The molecular formula is C10H15N3O4S. The Bertz CT molecular complexity index is 385. The van der Waals surface area contributed by atoms with Crippen LogP contribution >= 0.6 is 11.8 Å². The topological polar surface area (TPSA) is 110 Å². The molecular weight excluding hydrogens is 258 g/mol. The Labute approximate surface area is 108 Å². The fourth-order valence-electron chi connectivity index (χ4n) is 1.49. The van der Waals surface area contributed by atoms with E-state index in [0.717, 1.165) is 0 Å². The number of carbonyl (C=O) groups is 4. The number of nitrogens with zero attached hydrogens (tertiary/aromatic N) is 1. The van der Waals surface area contributed by atoms with Crippen molar-refractivity contribution in [1.29, 1.82) is 0 Å². The van der Waals surface area contributed by atoms with Crippen molar-refractivity contribution in [2.45, 2.75) is 19.4 Å². The van der Waals surface area contributed by atoms with Gasteiger partial charge >= 0.3 is 0 Å². The summed E-state index contributed by atoms with van der Waals surface area (Å²) in [5.41, 5.74) is 4.96. The van der Waals surface area contributed by atoms with E-state index in [4.69, 9.17) is 5.73 Å². The van der Waals surface area contributed by atoms with E-state index in [1.165, 1.54) is 16.7 Å². The van der Waals surface area contributed by atoms with E-state index in [1.807, 2.05) is 0 Å². The highest BCUT2D eigenvalue weighted by Gasteiger charge is 2.32. The van der Waals surface area contributed by atoms with Gasteiger partial charge in [-0.1, -0.05) is 0 Å². The van der Waals surface area contributed by atoms with E-state index < -0.39 is 23.8 Å². The molecule has 1 heterocycles. The molecule has 3 N–H and O–H groups in total. The van der Waals surface area contributed by atoms with Gasteiger partial charge in [0, 0.05) is 12.2 Å². The number of nitrogens with two attached hydrogens (primary N) is 1. The molecule has 0 aromatic carbocycles. The number of hydrogen-bond acceptors (Lipinski definition) is 5. The molecule has 0 bridgehead atoms. The minimum Gasteiger partial charge on any atom is -0.369 e. The standard InChI is InChI=1S/C10H15N3O4S/c1-6-10(17)12-8(15)4-13(6)9(16)2-3-18-5-7(11)14/h6H,2-5H2,1H3,(H2,11,14)(H,12,15,17). The molecule has 7 nitrogen and oxygen atoms in total. The van der Waals surface area contributed by atoms with Crippen molar-refractivity contribution >= 4 is 35.4 Å². The number of rotatable bonds is 5. The van der Waals surface area contributed by atoms with Crippen molar-refractivity contribution < 1.29 is 19.2 Å². The predicted molar refractivity (Wildman–Crippen MR) is 65.5 cm³/mol. The molecule has 1 unspecified atom stereocenters. The highest BCUT2D eigenvalue weighted by Crippen LogP contribution is 2.09. The molecule has 1 aliphatic heterocycles. The summed E-state index contributed by atoms with van der Waals surface area (Å²) >= 11 is 1.25. The largest absolute Gasteiger partial charge is 0.369 e. The van der Waals surface area contributed by atoms with Crippen molar-refractivity contribution in [2.75, 3.05) is 18.1 Å². The fourth-order valence-corrected chi connectivity index (χ4v) is 2.16. The smallest absolute Gasteiger partial charge is 0.249 e. The lowest BCUT2D eigenvalue weighted by Gasteiger charge is -2.31. The van der Waals surface area contributed by atoms with Gasteiger partial charge < -0.3 is 10.6 Å². The lowest BCUT2D eigenvalue weighted by Crippen LogP contribution is -2.58. The molecule has 1 fully saturated rings. The first-order valence-electron chi connectivity index (χ1n) is 5.41. The van der Waals surface area contributed by atoms with Crippen LogP contribution in [-0.4, -0.2) is 52.6 Å². The van der Waals surface area contributed by atoms with Gasteiger partial charge in [0.25, 0.3) is 0 Å². The highest BCUT2D eigenvalue weighted by molar-refractivity contribution is 7.99. The van der Waals surface area contributed by atoms with E-state index in [2.05, 4.69) is 5.32 Å². The molecule has 0 saturated carbocycles. The molecule has 18 heavy (non-hydrogen) atoms. The van der Waals surface area contributed by atoms with Crippen molar-refractivity contribution in [3.05, 3.63) is 0 Å². The lowest BCUT2D eigenvalue weighted by atomic mass is 10.2. The minimum absolute atomic E-state index is 0.105. The SMILES string of the molecule is CC1C(=O)NC(=O)CN1C(=O)CCSCC(N)=O. The summed E-state index contributed by atoms with van der Waals surface area (Å²) < 4.78 is 0. The van der Waals surface area contributed by atoms with Gasteiger partial charge in [-0.25, -0.2) is 0 Å². The quantitative estimate of drug-likeness (QED) is 0.466. The summed E-state index contributed by atoms with van der Waals surface area (Å²) in [6, 6.07) is -0.642. The number of imide groups is 1. The highest BCUT2D eigenvalue weighted by atomic mass is 32.2. The van der Waals surface area contributed by atoms with E-state index in [9.17, 15) is 19.2 Å². The molecule has 0 aliphatic carbocycles. The number of piperazine rings is 1. The third-order valence-corrected chi connectivity index (χ3v) is 3.43. The maximum Gasteiger partial charge on any atom is 0.249 e. The van der Waals surface area contributed by atoms with E-state index in [0.29, 0.717) is 5.75 Å². The summed E-state index contributed by atoms with van der Waals surface area (Å²) in [7, 11) is 0. The van der Waals surface area contributed by atoms with Gasteiger partial charge in [0.2, 0.25) is 23.6 Å². The zero-order valence-corrected chi connectivity index (χ0v) is 10.8. The van der Waals surface area contributed by atoms with Crippen LogP contribution in [0, 0.1) is 0 Å². The van der Waals surface area contributed by atoms with Gasteiger partial charge in [-0.15, -0.1) is 0 Å². The van der Waals surface area contributed by atoms with Crippen molar-refractivity contribution in [3.63, 3.8) is 0 Å². The number of primary amides is 1. The maximum atomic E-state index is 11.8. The third kappa shape index (κ3) is 4.02. The summed E-state index contributed by atoms with van der Waals surface area (Å²) in [5.74, 6) is -1.07. The van der Waals surface area contributed by atoms with Crippen molar-refractivity contribution in [2.24, 2.45) is 5.73 Å². The average molecular weight is 273 g/mol. The van der Waals surface area contributed by atoms with E-state index in [1.54, 1.807) is 6.92 Å². The van der Waals surface area contributed by atoms with Crippen LogP contribution in [0.1, 0.15) is 13.3 Å². The van der Waals surface area contributed by atoms with Gasteiger partial charge in [0.1, 0.15) is 12.6 Å².